The van der Waals surface area contributed by atoms with Gasteiger partial charge >= 0.3 is 5.97 Å². The Labute approximate surface area is 187 Å². The molecule has 0 atom stereocenters. The molecule has 2 aromatic carbocycles. The van der Waals surface area contributed by atoms with E-state index in [9.17, 15) is 18.8 Å². The number of anilines is 1. The van der Waals surface area contributed by atoms with Gasteiger partial charge in [-0.1, -0.05) is 17.7 Å². The van der Waals surface area contributed by atoms with Crippen LogP contribution in [0.5, 0.6) is 5.75 Å². The van der Waals surface area contributed by atoms with Crippen LogP contribution in [0.25, 0.3) is 5.69 Å². The summed E-state index contributed by atoms with van der Waals surface area (Å²) < 4.78 is 24.5. The highest BCUT2D eigenvalue weighted by Gasteiger charge is 2.20. The number of halogens is 2. The molecule has 0 aliphatic rings. The number of carbonyl (C=O) groups is 2. The van der Waals surface area contributed by atoms with Crippen molar-refractivity contribution < 1.29 is 23.5 Å². The van der Waals surface area contributed by atoms with Gasteiger partial charge < -0.3 is 14.8 Å². The molecular formula is C22H19ClFN3O5. The highest BCUT2D eigenvalue weighted by molar-refractivity contribution is 6.31. The Morgan fingerprint density at radius 1 is 1.16 bits per heavy atom. The van der Waals surface area contributed by atoms with E-state index in [1.165, 1.54) is 12.1 Å². The van der Waals surface area contributed by atoms with Crippen molar-refractivity contribution in [1.29, 1.82) is 0 Å². The van der Waals surface area contributed by atoms with Gasteiger partial charge in [-0.2, -0.15) is 9.78 Å². The Balaban J connectivity index is 1.84. The Hall–Kier alpha value is -3.72. The van der Waals surface area contributed by atoms with Gasteiger partial charge in [0.1, 0.15) is 5.82 Å². The Morgan fingerprint density at radius 2 is 1.88 bits per heavy atom. The number of nitrogens with one attached hydrogen (secondary N) is 1. The summed E-state index contributed by atoms with van der Waals surface area (Å²) in [7, 11) is 0. The standard InChI is InChI=1S/C22H19ClFN3O5/c1-3-31-22(30)21-18(11-20(29)27(26-21)16-8-5-14(24)6-9-16)32-12-19(28)25-15-7-4-13(2)17(23)10-15/h4-11H,3,12H2,1-2H3,(H,25,28). The molecule has 1 N–H and O–H groups in total. The molecule has 32 heavy (non-hydrogen) atoms. The number of aryl methyl sites for hydroxylation is 1. The third-order valence-corrected chi connectivity index (χ3v) is 4.66. The van der Waals surface area contributed by atoms with Gasteiger partial charge in [-0.05, 0) is 55.8 Å². The highest BCUT2D eigenvalue weighted by atomic mass is 35.5. The Bertz CT molecular complexity index is 1210. The molecule has 8 nitrogen and oxygen atoms in total. The van der Waals surface area contributed by atoms with Crippen LogP contribution in [-0.4, -0.2) is 34.9 Å². The summed E-state index contributed by atoms with van der Waals surface area (Å²) in [5, 5.41) is 7.10. The largest absolute Gasteiger partial charge is 0.481 e. The van der Waals surface area contributed by atoms with Crippen molar-refractivity contribution in [3.05, 3.63) is 81.0 Å². The van der Waals surface area contributed by atoms with Gasteiger partial charge in [-0.25, -0.2) is 9.18 Å². The van der Waals surface area contributed by atoms with Gasteiger partial charge in [-0.15, -0.1) is 0 Å². The maximum absolute atomic E-state index is 13.2. The second-order valence-corrected chi connectivity index (χ2v) is 7.01. The first-order valence-electron chi connectivity index (χ1n) is 9.54. The van der Waals surface area contributed by atoms with Crippen LogP contribution in [0.4, 0.5) is 10.1 Å². The van der Waals surface area contributed by atoms with Gasteiger partial charge in [-0.3, -0.25) is 9.59 Å². The van der Waals surface area contributed by atoms with Gasteiger partial charge in [0.05, 0.1) is 18.4 Å². The summed E-state index contributed by atoms with van der Waals surface area (Å²) in [5.41, 5.74) is 0.604. The average molecular weight is 460 g/mol. The van der Waals surface area contributed by atoms with E-state index in [0.717, 1.165) is 28.4 Å². The zero-order chi connectivity index (χ0) is 23.3. The second kappa shape index (κ2) is 10.1. The number of rotatable bonds is 7. The molecule has 166 valence electrons. The summed E-state index contributed by atoms with van der Waals surface area (Å²) in [6.45, 7) is 2.99. The van der Waals surface area contributed by atoms with Crippen molar-refractivity contribution in [2.75, 3.05) is 18.5 Å². The molecule has 0 saturated carbocycles. The highest BCUT2D eigenvalue weighted by Crippen LogP contribution is 2.20. The van der Waals surface area contributed by atoms with E-state index in [2.05, 4.69) is 10.4 Å². The fourth-order valence-corrected chi connectivity index (χ4v) is 2.85. The number of amides is 1. The number of carbonyl (C=O) groups excluding carboxylic acids is 2. The zero-order valence-corrected chi connectivity index (χ0v) is 18.0. The SMILES string of the molecule is CCOC(=O)c1nn(-c2ccc(F)cc2)c(=O)cc1OCC(=O)Nc1ccc(C)c(Cl)c1. The van der Waals surface area contributed by atoms with E-state index in [0.29, 0.717) is 10.7 Å². The van der Waals surface area contributed by atoms with E-state index in [-0.39, 0.29) is 23.7 Å². The number of benzene rings is 2. The lowest BCUT2D eigenvalue weighted by atomic mass is 10.2. The van der Waals surface area contributed by atoms with Crippen LogP contribution in [0.1, 0.15) is 23.0 Å². The van der Waals surface area contributed by atoms with Crippen LogP contribution in [-0.2, 0) is 9.53 Å². The topological polar surface area (TPSA) is 99.5 Å². The molecule has 3 aromatic rings. The molecule has 3 rings (SSSR count). The maximum atomic E-state index is 13.2. The first-order chi connectivity index (χ1) is 15.3. The Morgan fingerprint density at radius 3 is 2.53 bits per heavy atom. The van der Waals surface area contributed by atoms with Gasteiger partial charge in [0.2, 0.25) is 5.69 Å². The minimum absolute atomic E-state index is 0.0598. The summed E-state index contributed by atoms with van der Waals surface area (Å²) in [6, 6.07) is 11.0. The van der Waals surface area contributed by atoms with E-state index in [1.807, 2.05) is 6.92 Å². The molecule has 0 bridgehead atoms. The molecule has 1 heterocycles. The molecule has 0 aliphatic heterocycles. The van der Waals surface area contributed by atoms with Gasteiger partial charge in [0, 0.05) is 10.7 Å². The predicted octanol–water partition coefficient (Wildman–Crippen LogP) is 3.53. The lowest BCUT2D eigenvalue weighted by Gasteiger charge is -2.13. The van der Waals surface area contributed by atoms with E-state index in [4.69, 9.17) is 21.1 Å². The number of hydrogen-bond acceptors (Lipinski definition) is 6. The zero-order valence-electron chi connectivity index (χ0n) is 17.2. The number of aromatic nitrogens is 2. The van der Waals surface area contributed by atoms with Crippen LogP contribution in [0.2, 0.25) is 5.02 Å². The third-order valence-electron chi connectivity index (χ3n) is 4.25. The summed E-state index contributed by atoms with van der Waals surface area (Å²) >= 11 is 6.05. The Kier molecular flexibility index (Phi) is 7.21. The quantitative estimate of drug-likeness (QED) is 0.543. The summed E-state index contributed by atoms with van der Waals surface area (Å²) in [6.07, 6.45) is 0. The van der Waals surface area contributed by atoms with Crippen molar-refractivity contribution in [2.24, 2.45) is 0 Å². The molecular weight excluding hydrogens is 441 g/mol. The van der Waals surface area contributed by atoms with E-state index >= 15 is 0 Å². The molecule has 0 aliphatic carbocycles. The molecule has 1 aromatic heterocycles. The van der Waals surface area contributed by atoms with Crippen molar-refractivity contribution in [3.8, 4) is 11.4 Å². The van der Waals surface area contributed by atoms with Crippen LogP contribution < -0.4 is 15.6 Å². The van der Waals surface area contributed by atoms with Gasteiger partial charge in [0.15, 0.2) is 12.4 Å². The maximum Gasteiger partial charge on any atom is 0.362 e. The normalized spacial score (nSPS) is 10.5. The number of nitrogens with zero attached hydrogens (tertiary/aromatic N) is 2. The average Bonchev–Trinajstić information content (AvgIpc) is 2.76. The molecule has 0 unspecified atom stereocenters. The lowest BCUT2D eigenvalue weighted by molar-refractivity contribution is -0.118. The second-order valence-electron chi connectivity index (χ2n) is 6.60. The fourth-order valence-electron chi connectivity index (χ4n) is 2.67. The van der Waals surface area contributed by atoms with Crippen LogP contribution in [0, 0.1) is 12.7 Å². The smallest absolute Gasteiger partial charge is 0.362 e. The number of hydrogen-bond donors (Lipinski definition) is 1. The molecule has 0 saturated heterocycles. The monoisotopic (exact) mass is 459 g/mol. The molecule has 0 radical (unpaired) electrons. The van der Waals surface area contributed by atoms with Crippen LogP contribution in [0.15, 0.2) is 53.3 Å². The number of esters is 1. The van der Waals surface area contributed by atoms with E-state index in [1.54, 1.807) is 25.1 Å². The molecule has 0 spiro atoms. The first kappa shape index (κ1) is 23.0. The molecule has 0 fully saturated rings. The van der Waals surface area contributed by atoms with Crippen molar-refractivity contribution in [3.63, 3.8) is 0 Å². The van der Waals surface area contributed by atoms with E-state index < -0.39 is 29.9 Å². The van der Waals surface area contributed by atoms with Crippen molar-refractivity contribution in [2.45, 2.75) is 13.8 Å². The number of ether oxygens (including phenoxy) is 2. The lowest BCUT2D eigenvalue weighted by Crippen LogP contribution is -2.27. The molecule has 10 heteroatoms. The molecule has 1 amide bonds. The minimum atomic E-state index is -0.843. The van der Waals surface area contributed by atoms with Gasteiger partial charge in [0.25, 0.3) is 11.5 Å². The van der Waals surface area contributed by atoms with Crippen molar-refractivity contribution >= 4 is 29.2 Å². The first-order valence-corrected chi connectivity index (χ1v) is 9.92. The van der Waals surface area contributed by atoms with Crippen molar-refractivity contribution in [1.82, 2.24) is 9.78 Å². The minimum Gasteiger partial charge on any atom is -0.481 e. The summed E-state index contributed by atoms with van der Waals surface area (Å²) in [4.78, 5) is 37.1. The fraction of sp³-hybridized carbons (Fsp3) is 0.182. The predicted molar refractivity (Wildman–Crippen MR) is 116 cm³/mol. The van der Waals surface area contributed by atoms with Crippen LogP contribution >= 0.6 is 11.6 Å². The third kappa shape index (κ3) is 5.50. The summed E-state index contributed by atoms with van der Waals surface area (Å²) in [5.74, 6) is -2.09. The van der Waals surface area contributed by atoms with Crippen LogP contribution in [0.3, 0.4) is 0 Å².